The molecule has 4 rings (SSSR count). The van der Waals surface area contributed by atoms with Gasteiger partial charge in [0.05, 0.1) is 22.3 Å². The number of nitrogens with one attached hydrogen (secondary N) is 4. The molecule has 11 heteroatoms. The number of amides is 2. The molecular weight excluding hydrogens is 449 g/mol. The van der Waals surface area contributed by atoms with Gasteiger partial charge in [0.25, 0.3) is 15.9 Å². The molecule has 0 bridgehead atoms. The Balaban J connectivity index is 1.38. The van der Waals surface area contributed by atoms with Crippen molar-refractivity contribution in [2.24, 2.45) is 0 Å². The molecule has 0 aliphatic heterocycles. The van der Waals surface area contributed by atoms with Crippen LogP contribution in [0.3, 0.4) is 0 Å². The predicted octanol–water partition coefficient (Wildman–Crippen LogP) is 2.51. The third-order valence-electron chi connectivity index (χ3n) is 4.58. The van der Waals surface area contributed by atoms with Crippen LogP contribution >= 0.6 is 0 Å². The van der Waals surface area contributed by atoms with Crippen molar-refractivity contribution in [2.75, 3.05) is 4.72 Å². The van der Waals surface area contributed by atoms with Gasteiger partial charge in [-0.3, -0.25) is 25.2 Å². The van der Waals surface area contributed by atoms with Gasteiger partial charge in [-0.2, -0.15) is 0 Å². The van der Waals surface area contributed by atoms with E-state index in [0.717, 1.165) is 29.2 Å². The molecule has 0 atom stereocenters. The Morgan fingerprint density at radius 2 is 1.70 bits per heavy atom. The van der Waals surface area contributed by atoms with Crippen LogP contribution in [0, 0.1) is 5.82 Å². The van der Waals surface area contributed by atoms with Crippen molar-refractivity contribution in [1.29, 1.82) is 0 Å². The number of nitrogens with zero attached hydrogens (tertiary/aromatic N) is 1. The van der Waals surface area contributed by atoms with E-state index in [1.54, 1.807) is 6.07 Å². The van der Waals surface area contributed by atoms with Crippen LogP contribution in [0.2, 0.25) is 0 Å². The average molecular weight is 467 g/mol. The largest absolute Gasteiger partial charge is 0.342 e. The summed E-state index contributed by atoms with van der Waals surface area (Å²) in [6.07, 6.45) is -0.0923. The molecule has 9 nitrogen and oxygen atoms in total. The fourth-order valence-electron chi connectivity index (χ4n) is 3.02. The van der Waals surface area contributed by atoms with E-state index in [2.05, 4.69) is 25.5 Å². The quantitative estimate of drug-likeness (QED) is 0.324. The zero-order chi connectivity index (χ0) is 23.4. The number of carbonyl (C=O) groups excluding carboxylic acids is 2. The molecule has 2 amide bonds. The number of anilines is 1. The molecule has 1 heterocycles. The minimum atomic E-state index is -4.02. The Labute approximate surface area is 188 Å². The highest BCUT2D eigenvalue weighted by Gasteiger charge is 2.17. The molecule has 33 heavy (non-hydrogen) atoms. The molecule has 0 aliphatic carbocycles. The number of halogens is 1. The van der Waals surface area contributed by atoms with Crippen LogP contribution in [0.5, 0.6) is 0 Å². The van der Waals surface area contributed by atoms with E-state index >= 15 is 0 Å². The predicted molar refractivity (Wildman–Crippen MR) is 119 cm³/mol. The number of imidazole rings is 1. The first-order chi connectivity index (χ1) is 15.8. The topological polar surface area (TPSA) is 133 Å². The molecule has 4 N–H and O–H groups in total. The first-order valence-corrected chi connectivity index (χ1v) is 11.2. The van der Waals surface area contributed by atoms with Gasteiger partial charge in [0.2, 0.25) is 5.91 Å². The van der Waals surface area contributed by atoms with Crippen LogP contribution in [-0.2, 0) is 21.2 Å². The Hall–Kier alpha value is -4.25. The molecular formula is C22H18FN5O4S. The number of H-pyrrole nitrogens is 1. The normalized spacial score (nSPS) is 11.2. The van der Waals surface area contributed by atoms with Gasteiger partial charge in [0, 0.05) is 11.3 Å². The second-order valence-corrected chi connectivity index (χ2v) is 8.70. The molecule has 0 saturated heterocycles. The van der Waals surface area contributed by atoms with Crippen LogP contribution in [0.25, 0.3) is 11.0 Å². The smallest absolute Gasteiger partial charge is 0.269 e. The first-order valence-electron chi connectivity index (χ1n) is 9.71. The van der Waals surface area contributed by atoms with Gasteiger partial charge < -0.3 is 4.98 Å². The Kier molecular flexibility index (Phi) is 6.05. The van der Waals surface area contributed by atoms with Crippen molar-refractivity contribution in [1.82, 2.24) is 20.8 Å². The minimum Gasteiger partial charge on any atom is -0.342 e. The highest BCUT2D eigenvalue weighted by Crippen LogP contribution is 2.17. The molecule has 3 aromatic carbocycles. The van der Waals surface area contributed by atoms with Crippen molar-refractivity contribution in [2.45, 2.75) is 11.3 Å². The van der Waals surface area contributed by atoms with Gasteiger partial charge in [-0.25, -0.2) is 17.8 Å². The van der Waals surface area contributed by atoms with Crippen LogP contribution in [0.4, 0.5) is 10.1 Å². The van der Waals surface area contributed by atoms with Gasteiger partial charge >= 0.3 is 0 Å². The molecule has 0 fully saturated rings. The van der Waals surface area contributed by atoms with E-state index in [4.69, 9.17) is 0 Å². The summed E-state index contributed by atoms with van der Waals surface area (Å²) in [7, 11) is -4.02. The Morgan fingerprint density at radius 1 is 0.939 bits per heavy atom. The standard InChI is InChI=1S/C22H18FN5O4S/c23-15-8-10-16(11-9-15)28-33(31,32)17-5-3-4-14(12-17)22(30)27-26-21(29)13-20-24-18-6-1-2-7-19(18)25-20/h1-12,28H,13H2,(H,24,25)(H,26,29)(H,27,30). The lowest BCUT2D eigenvalue weighted by Gasteiger charge is -2.10. The SMILES string of the molecule is O=C(Cc1nc2ccccc2[nH]1)NNC(=O)c1cccc(S(=O)(=O)Nc2ccc(F)cc2)c1. The number of para-hydroxylation sites is 2. The van der Waals surface area contributed by atoms with Crippen LogP contribution in [-0.4, -0.2) is 30.2 Å². The van der Waals surface area contributed by atoms with Gasteiger partial charge in [0.15, 0.2) is 0 Å². The van der Waals surface area contributed by atoms with Gasteiger partial charge in [-0.05, 0) is 54.6 Å². The second kappa shape index (κ2) is 9.09. The van der Waals surface area contributed by atoms with Gasteiger partial charge in [0.1, 0.15) is 11.6 Å². The van der Waals surface area contributed by atoms with Crippen molar-refractivity contribution >= 4 is 38.6 Å². The van der Waals surface area contributed by atoms with E-state index < -0.39 is 27.7 Å². The van der Waals surface area contributed by atoms with E-state index in [9.17, 15) is 22.4 Å². The number of sulfonamides is 1. The van der Waals surface area contributed by atoms with E-state index in [1.165, 1.54) is 30.3 Å². The minimum absolute atomic E-state index is 0.0148. The van der Waals surface area contributed by atoms with Gasteiger partial charge in [-0.1, -0.05) is 18.2 Å². The zero-order valence-corrected chi connectivity index (χ0v) is 17.8. The molecule has 0 saturated carbocycles. The van der Waals surface area contributed by atoms with E-state index in [-0.39, 0.29) is 22.6 Å². The summed E-state index contributed by atoms with van der Waals surface area (Å²) in [5, 5.41) is 0. The fourth-order valence-corrected chi connectivity index (χ4v) is 4.12. The van der Waals surface area contributed by atoms with Crippen LogP contribution in [0.15, 0.2) is 77.7 Å². The summed E-state index contributed by atoms with van der Waals surface area (Å²) < 4.78 is 40.5. The number of hydrogen-bond donors (Lipinski definition) is 4. The summed E-state index contributed by atoms with van der Waals surface area (Å²) in [6.45, 7) is 0. The zero-order valence-electron chi connectivity index (χ0n) is 17.0. The van der Waals surface area contributed by atoms with E-state index in [0.29, 0.717) is 5.82 Å². The lowest BCUT2D eigenvalue weighted by molar-refractivity contribution is -0.121. The van der Waals surface area contributed by atoms with Gasteiger partial charge in [-0.15, -0.1) is 0 Å². The van der Waals surface area contributed by atoms with E-state index in [1.807, 2.05) is 18.2 Å². The maximum atomic E-state index is 13.0. The van der Waals surface area contributed by atoms with Crippen molar-refractivity contribution < 1.29 is 22.4 Å². The highest BCUT2D eigenvalue weighted by atomic mass is 32.2. The number of aromatic amines is 1. The maximum Gasteiger partial charge on any atom is 0.269 e. The third kappa shape index (κ3) is 5.33. The van der Waals surface area contributed by atoms with Crippen molar-refractivity contribution in [3.63, 3.8) is 0 Å². The number of carbonyl (C=O) groups is 2. The number of rotatable bonds is 6. The molecule has 0 aliphatic rings. The molecule has 1 aromatic heterocycles. The molecule has 168 valence electrons. The Bertz CT molecular complexity index is 1400. The molecule has 0 radical (unpaired) electrons. The number of benzene rings is 3. The van der Waals surface area contributed by atoms with Crippen molar-refractivity contribution in [3.8, 4) is 0 Å². The third-order valence-corrected chi connectivity index (χ3v) is 5.96. The molecule has 0 unspecified atom stereocenters. The van der Waals surface area contributed by atoms with Crippen LogP contribution < -0.4 is 15.6 Å². The second-order valence-electron chi connectivity index (χ2n) is 7.02. The lowest BCUT2D eigenvalue weighted by atomic mass is 10.2. The highest BCUT2D eigenvalue weighted by molar-refractivity contribution is 7.92. The summed E-state index contributed by atoms with van der Waals surface area (Å²) in [6, 6.07) is 17.4. The fraction of sp³-hybridized carbons (Fsp3) is 0.0455. The lowest BCUT2D eigenvalue weighted by Crippen LogP contribution is -2.42. The number of hydrogen-bond acceptors (Lipinski definition) is 5. The number of hydrazine groups is 1. The monoisotopic (exact) mass is 467 g/mol. The molecule has 4 aromatic rings. The number of fused-ring (bicyclic) bond motifs is 1. The number of aromatic nitrogens is 2. The van der Waals surface area contributed by atoms with Crippen LogP contribution in [0.1, 0.15) is 16.2 Å². The average Bonchev–Trinajstić information content (AvgIpc) is 3.21. The summed E-state index contributed by atoms with van der Waals surface area (Å²) >= 11 is 0. The Morgan fingerprint density at radius 3 is 2.45 bits per heavy atom. The first kappa shape index (κ1) is 22.0. The summed E-state index contributed by atoms with van der Waals surface area (Å²) in [5.41, 5.74) is 6.22. The maximum absolute atomic E-state index is 13.0. The summed E-state index contributed by atoms with van der Waals surface area (Å²) in [4.78, 5) is 31.7. The molecule has 0 spiro atoms. The summed E-state index contributed by atoms with van der Waals surface area (Å²) in [5.74, 6) is -1.28. The van der Waals surface area contributed by atoms with Crippen molar-refractivity contribution in [3.05, 3.63) is 90.0 Å².